The predicted molar refractivity (Wildman–Crippen MR) is 59.6 cm³/mol. The van der Waals surface area contributed by atoms with E-state index in [2.05, 4.69) is 5.10 Å². The number of nitrogens with two attached hydrogens (primary N) is 1. The molecule has 0 unspecified atom stereocenters. The summed E-state index contributed by atoms with van der Waals surface area (Å²) in [6.45, 7) is -1.94. The van der Waals surface area contributed by atoms with Gasteiger partial charge in [-0.15, -0.1) is 12.4 Å². The molecule has 0 aliphatic carbocycles. The number of rotatable bonds is 5. The minimum absolute atomic E-state index is 0. The first-order valence-electron chi connectivity index (χ1n) is 4.33. The molecule has 6 nitrogen and oxygen atoms in total. The Labute approximate surface area is 104 Å². The number of nitrogens with zero attached hydrogens (tertiary/aromatic N) is 2. The van der Waals surface area contributed by atoms with Crippen molar-refractivity contribution in [2.45, 2.75) is 10.8 Å². The van der Waals surface area contributed by atoms with Crippen molar-refractivity contribution >= 4 is 22.4 Å². The highest BCUT2D eigenvalue weighted by Crippen LogP contribution is 2.12. The Balaban J connectivity index is 0.00000256. The molecule has 3 N–H and O–H groups in total. The lowest BCUT2D eigenvalue weighted by Crippen LogP contribution is -2.41. The van der Waals surface area contributed by atoms with Crippen LogP contribution in [-0.2, 0) is 17.1 Å². The Kier molecular flexibility index (Phi) is 5.46. The standard InChI is InChI=1S/C7H12F2N4O2S.ClH/c1-13-3-6(2-11-13)16(14,15)12-5-7(8,9)4-10;/h2-3,12H,4-5,10H2,1H3;1H. The maximum Gasteiger partial charge on any atom is 0.273 e. The van der Waals surface area contributed by atoms with Crippen LogP contribution in [0, 0.1) is 0 Å². The normalized spacial score (nSPS) is 12.2. The molecule has 0 aromatic carbocycles. The first kappa shape index (κ1) is 16.2. The fourth-order valence-corrected chi connectivity index (χ4v) is 1.94. The number of hydrogen-bond donors (Lipinski definition) is 2. The van der Waals surface area contributed by atoms with E-state index < -0.39 is 29.0 Å². The minimum Gasteiger partial charge on any atom is -0.325 e. The molecule has 100 valence electrons. The second-order valence-corrected chi connectivity index (χ2v) is 5.00. The summed E-state index contributed by atoms with van der Waals surface area (Å²) in [5.74, 6) is -3.25. The Morgan fingerprint density at radius 2 is 2.18 bits per heavy atom. The summed E-state index contributed by atoms with van der Waals surface area (Å²) in [6, 6.07) is 0. The van der Waals surface area contributed by atoms with E-state index >= 15 is 0 Å². The van der Waals surface area contributed by atoms with E-state index in [0.717, 1.165) is 6.20 Å². The molecule has 0 fully saturated rings. The summed E-state index contributed by atoms with van der Waals surface area (Å²) in [5.41, 5.74) is 4.78. The summed E-state index contributed by atoms with van der Waals surface area (Å²) >= 11 is 0. The molecule has 0 saturated heterocycles. The Morgan fingerprint density at radius 3 is 2.59 bits per heavy atom. The van der Waals surface area contributed by atoms with Gasteiger partial charge >= 0.3 is 0 Å². The van der Waals surface area contributed by atoms with Gasteiger partial charge in [0, 0.05) is 13.2 Å². The monoisotopic (exact) mass is 290 g/mol. The van der Waals surface area contributed by atoms with Gasteiger partial charge in [0.25, 0.3) is 5.92 Å². The summed E-state index contributed by atoms with van der Waals surface area (Å²) < 4.78 is 51.4. The average Bonchev–Trinajstić information content (AvgIpc) is 2.63. The smallest absolute Gasteiger partial charge is 0.273 e. The first-order chi connectivity index (χ1) is 7.27. The van der Waals surface area contributed by atoms with Crippen molar-refractivity contribution in [3.63, 3.8) is 0 Å². The van der Waals surface area contributed by atoms with Crippen molar-refractivity contribution in [1.82, 2.24) is 14.5 Å². The zero-order valence-electron chi connectivity index (χ0n) is 8.93. The Bertz CT molecular complexity index is 462. The number of halogens is 3. The van der Waals surface area contributed by atoms with E-state index in [4.69, 9.17) is 5.73 Å². The molecule has 0 saturated carbocycles. The molecule has 0 atom stereocenters. The fourth-order valence-electron chi connectivity index (χ4n) is 0.894. The predicted octanol–water partition coefficient (Wildman–Crippen LogP) is -0.286. The molecule has 0 bridgehead atoms. The van der Waals surface area contributed by atoms with Crippen LogP contribution in [-0.4, -0.2) is 37.2 Å². The number of alkyl halides is 2. The fraction of sp³-hybridized carbons (Fsp3) is 0.571. The molecule has 1 aromatic rings. The number of hydrogen-bond acceptors (Lipinski definition) is 4. The second-order valence-electron chi connectivity index (χ2n) is 3.23. The number of aromatic nitrogens is 2. The van der Waals surface area contributed by atoms with Crippen LogP contribution in [0.3, 0.4) is 0 Å². The van der Waals surface area contributed by atoms with Crippen LogP contribution in [0.5, 0.6) is 0 Å². The van der Waals surface area contributed by atoms with Crippen molar-refractivity contribution in [3.05, 3.63) is 12.4 Å². The molecule has 0 spiro atoms. The molecule has 10 heteroatoms. The van der Waals surface area contributed by atoms with E-state index in [1.54, 1.807) is 4.72 Å². The molecule has 1 rings (SSSR count). The molecular formula is C7H13ClF2N4O2S. The average molecular weight is 291 g/mol. The van der Waals surface area contributed by atoms with Crippen molar-refractivity contribution in [1.29, 1.82) is 0 Å². The molecule has 1 aromatic heterocycles. The summed E-state index contributed by atoms with van der Waals surface area (Å²) in [4.78, 5) is -0.164. The van der Waals surface area contributed by atoms with Gasteiger partial charge in [0.05, 0.1) is 19.3 Å². The largest absolute Gasteiger partial charge is 0.325 e. The van der Waals surface area contributed by atoms with Gasteiger partial charge in [0.2, 0.25) is 10.0 Å². The van der Waals surface area contributed by atoms with Crippen LogP contribution in [0.15, 0.2) is 17.3 Å². The van der Waals surface area contributed by atoms with Crippen molar-refractivity contribution in [3.8, 4) is 0 Å². The van der Waals surface area contributed by atoms with Crippen molar-refractivity contribution in [2.24, 2.45) is 12.8 Å². The topological polar surface area (TPSA) is 90.0 Å². The van der Waals surface area contributed by atoms with Gasteiger partial charge in [-0.1, -0.05) is 0 Å². The van der Waals surface area contributed by atoms with Crippen LogP contribution in [0.4, 0.5) is 8.78 Å². The minimum atomic E-state index is -3.95. The number of sulfonamides is 1. The Hall–Kier alpha value is -0.770. The SMILES string of the molecule is Cl.Cn1cc(S(=O)(=O)NCC(F)(F)CN)cn1. The lowest BCUT2D eigenvalue weighted by Gasteiger charge is -2.13. The lowest BCUT2D eigenvalue weighted by atomic mass is 10.3. The van der Waals surface area contributed by atoms with Crippen LogP contribution in [0.25, 0.3) is 0 Å². The molecule has 0 aliphatic heterocycles. The first-order valence-corrected chi connectivity index (χ1v) is 5.81. The van der Waals surface area contributed by atoms with E-state index in [1.165, 1.54) is 17.9 Å². The van der Waals surface area contributed by atoms with Gasteiger partial charge in [0.15, 0.2) is 0 Å². The van der Waals surface area contributed by atoms with Gasteiger partial charge in [-0.05, 0) is 0 Å². The van der Waals surface area contributed by atoms with Crippen LogP contribution < -0.4 is 10.5 Å². The lowest BCUT2D eigenvalue weighted by molar-refractivity contribution is 0.0170. The van der Waals surface area contributed by atoms with E-state index in [1.807, 2.05) is 0 Å². The van der Waals surface area contributed by atoms with Gasteiger partial charge in [0.1, 0.15) is 4.90 Å². The molecular weight excluding hydrogens is 278 g/mol. The van der Waals surface area contributed by atoms with Gasteiger partial charge in [-0.25, -0.2) is 21.9 Å². The summed E-state index contributed by atoms with van der Waals surface area (Å²) in [7, 11) is -2.43. The summed E-state index contributed by atoms with van der Waals surface area (Å²) in [5, 5.41) is 3.63. The molecule has 0 amide bonds. The quantitative estimate of drug-likeness (QED) is 0.780. The second kappa shape index (κ2) is 5.71. The molecule has 17 heavy (non-hydrogen) atoms. The van der Waals surface area contributed by atoms with Crippen LogP contribution in [0.1, 0.15) is 0 Å². The van der Waals surface area contributed by atoms with Crippen molar-refractivity contribution < 1.29 is 17.2 Å². The third-order valence-corrected chi connectivity index (χ3v) is 3.17. The zero-order valence-corrected chi connectivity index (χ0v) is 10.6. The third kappa shape index (κ3) is 4.54. The maximum atomic E-state index is 12.7. The molecule has 1 heterocycles. The van der Waals surface area contributed by atoms with Crippen molar-refractivity contribution in [2.75, 3.05) is 13.1 Å². The van der Waals surface area contributed by atoms with Gasteiger partial charge in [-0.3, -0.25) is 4.68 Å². The molecule has 0 radical (unpaired) electrons. The number of nitrogens with one attached hydrogen (secondary N) is 1. The van der Waals surface area contributed by atoms with Crippen LogP contribution in [0.2, 0.25) is 0 Å². The zero-order chi connectivity index (χ0) is 12.4. The highest BCUT2D eigenvalue weighted by atomic mass is 35.5. The summed E-state index contributed by atoms with van der Waals surface area (Å²) in [6.07, 6.45) is 2.28. The van der Waals surface area contributed by atoms with E-state index in [0.29, 0.717) is 0 Å². The third-order valence-electron chi connectivity index (χ3n) is 1.81. The Morgan fingerprint density at radius 1 is 1.59 bits per heavy atom. The molecule has 0 aliphatic rings. The maximum absolute atomic E-state index is 12.7. The van der Waals surface area contributed by atoms with Gasteiger partial charge < -0.3 is 5.73 Å². The highest BCUT2D eigenvalue weighted by molar-refractivity contribution is 7.89. The number of aryl methyl sites for hydroxylation is 1. The van der Waals surface area contributed by atoms with E-state index in [-0.39, 0.29) is 17.3 Å². The van der Waals surface area contributed by atoms with Gasteiger partial charge in [-0.2, -0.15) is 5.10 Å². The highest BCUT2D eigenvalue weighted by Gasteiger charge is 2.29. The van der Waals surface area contributed by atoms with Crippen LogP contribution >= 0.6 is 12.4 Å². The van der Waals surface area contributed by atoms with E-state index in [9.17, 15) is 17.2 Å².